The minimum Gasteiger partial charge on any atom is -0.383 e. The molecule has 0 atom stereocenters. The molecule has 182 valence electrons. The Morgan fingerprint density at radius 1 is 1.17 bits per heavy atom. The third-order valence-corrected chi connectivity index (χ3v) is 8.19. The van der Waals surface area contributed by atoms with Gasteiger partial charge in [-0.15, -0.1) is 22.7 Å². The average Bonchev–Trinajstić information content (AvgIpc) is 3.43. The predicted molar refractivity (Wildman–Crippen MR) is 144 cm³/mol. The number of nitrogens with one attached hydrogen (secondary N) is 3. The van der Waals surface area contributed by atoms with E-state index in [1.807, 2.05) is 12.4 Å². The van der Waals surface area contributed by atoms with Crippen molar-refractivity contribution in [1.29, 1.82) is 0 Å². The molecule has 3 aromatic heterocycles. The third-order valence-electron chi connectivity index (χ3n) is 6.00. The highest BCUT2D eigenvalue weighted by Gasteiger charge is 2.25. The number of amides is 1. The zero-order chi connectivity index (χ0) is 24.2. The van der Waals surface area contributed by atoms with Gasteiger partial charge in [-0.2, -0.15) is 0 Å². The lowest BCUT2D eigenvalue weighted by Crippen LogP contribution is -2.24. The Hall–Kier alpha value is -2.69. The van der Waals surface area contributed by atoms with Gasteiger partial charge in [-0.25, -0.2) is 4.98 Å². The largest absolute Gasteiger partial charge is 0.383 e. The Balaban J connectivity index is 1.43. The normalized spacial score (nSPS) is 13.2. The molecule has 4 aromatic rings. The minimum absolute atomic E-state index is 0.0121. The smallest absolute Gasteiger partial charge is 0.226 e. The Bertz CT molecular complexity index is 1350. The van der Waals surface area contributed by atoms with Crippen molar-refractivity contribution in [2.45, 2.75) is 26.3 Å². The first-order valence-electron chi connectivity index (χ1n) is 11.8. The summed E-state index contributed by atoms with van der Waals surface area (Å²) in [5.41, 5.74) is 6.75. The van der Waals surface area contributed by atoms with E-state index in [0.717, 1.165) is 68.5 Å². The lowest BCUT2D eigenvalue weighted by molar-refractivity contribution is -0.116. The molecule has 0 saturated heterocycles. The summed E-state index contributed by atoms with van der Waals surface area (Å²) in [5.74, 6) is 0.0121. The zero-order valence-electron chi connectivity index (χ0n) is 19.9. The van der Waals surface area contributed by atoms with Crippen LogP contribution in [0.3, 0.4) is 0 Å². The minimum atomic E-state index is 0.0121. The summed E-state index contributed by atoms with van der Waals surface area (Å²) < 4.78 is 6.17. The second-order valence-corrected chi connectivity index (χ2v) is 10.8. The van der Waals surface area contributed by atoms with E-state index in [1.54, 1.807) is 29.8 Å². The van der Waals surface area contributed by atoms with Crippen molar-refractivity contribution in [3.8, 4) is 21.7 Å². The maximum Gasteiger partial charge on any atom is 0.226 e. The fourth-order valence-corrected chi connectivity index (χ4v) is 6.65. The van der Waals surface area contributed by atoms with Crippen molar-refractivity contribution in [2.24, 2.45) is 0 Å². The monoisotopic (exact) mass is 507 g/mol. The van der Waals surface area contributed by atoms with Crippen LogP contribution in [0, 0.1) is 6.92 Å². The lowest BCUT2D eigenvalue weighted by atomic mass is 10.0. The van der Waals surface area contributed by atoms with E-state index in [0.29, 0.717) is 19.6 Å². The molecule has 1 amide bonds. The van der Waals surface area contributed by atoms with Crippen molar-refractivity contribution in [3.05, 3.63) is 52.7 Å². The number of anilines is 1. The first kappa shape index (κ1) is 24.0. The van der Waals surface area contributed by atoms with E-state index in [1.165, 1.54) is 10.4 Å². The molecular formula is C26H29N5O2S2. The van der Waals surface area contributed by atoms with Crippen LogP contribution >= 0.6 is 22.7 Å². The van der Waals surface area contributed by atoms with E-state index >= 15 is 0 Å². The molecule has 35 heavy (non-hydrogen) atoms. The third kappa shape index (κ3) is 5.44. The van der Waals surface area contributed by atoms with Gasteiger partial charge in [0.2, 0.25) is 5.91 Å². The fraction of sp³-hybridized carbons (Fsp3) is 0.346. The van der Waals surface area contributed by atoms with Crippen molar-refractivity contribution < 1.29 is 9.53 Å². The van der Waals surface area contributed by atoms with Crippen molar-refractivity contribution in [2.75, 3.05) is 38.7 Å². The molecule has 0 bridgehead atoms. The van der Waals surface area contributed by atoms with Crippen LogP contribution in [0.5, 0.6) is 0 Å². The Kier molecular flexibility index (Phi) is 7.50. The topological polar surface area (TPSA) is 88.2 Å². The number of benzene rings is 1. The average molecular weight is 508 g/mol. The molecule has 0 aliphatic carbocycles. The number of aromatic nitrogens is 2. The second-order valence-electron chi connectivity index (χ2n) is 8.63. The van der Waals surface area contributed by atoms with Crippen molar-refractivity contribution in [3.63, 3.8) is 0 Å². The number of methoxy groups -OCH3 is 1. The maximum absolute atomic E-state index is 12.7. The van der Waals surface area contributed by atoms with Gasteiger partial charge < -0.3 is 20.7 Å². The SMILES string of the molecule is COCCNCCC(=O)Nc1sc2c(c1-c1nc3ccc(-c4cncc(C)c4)cc3s1)CCNC2. The Labute approximate surface area is 213 Å². The zero-order valence-corrected chi connectivity index (χ0v) is 21.6. The number of ether oxygens (including phenoxy) is 1. The molecule has 0 unspecified atom stereocenters. The quantitative estimate of drug-likeness (QED) is 0.287. The summed E-state index contributed by atoms with van der Waals surface area (Å²) in [6.45, 7) is 5.81. The van der Waals surface area contributed by atoms with Crippen LogP contribution in [0.1, 0.15) is 22.4 Å². The van der Waals surface area contributed by atoms with Gasteiger partial charge in [-0.3, -0.25) is 9.78 Å². The lowest BCUT2D eigenvalue weighted by Gasteiger charge is -2.13. The highest BCUT2D eigenvalue weighted by molar-refractivity contribution is 7.23. The molecular weight excluding hydrogens is 478 g/mol. The highest BCUT2D eigenvalue weighted by Crippen LogP contribution is 2.45. The number of thiophene rings is 1. The first-order chi connectivity index (χ1) is 17.1. The van der Waals surface area contributed by atoms with Gasteiger partial charge in [0.1, 0.15) is 10.0 Å². The number of hydrogen-bond acceptors (Lipinski definition) is 8. The Morgan fingerprint density at radius 3 is 2.94 bits per heavy atom. The van der Waals surface area contributed by atoms with Crippen LogP contribution in [0.25, 0.3) is 31.9 Å². The standard InChI is InChI=1S/C26H29N5O2S2/c1-16-11-18(14-29-13-16)17-3-4-20-21(12-17)34-25(30-20)24-19-5-7-28-15-22(19)35-26(24)31-23(32)6-8-27-9-10-33-2/h3-4,11-14,27-28H,5-10,15H2,1-2H3,(H,31,32). The van der Waals surface area contributed by atoms with E-state index in [4.69, 9.17) is 9.72 Å². The number of aryl methyl sites for hydroxylation is 1. The van der Waals surface area contributed by atoms with Crippen LogP contribution in [0.4, 0.5) is 5.00 Å². The number of thiazole rings is 1. The number of pyridine rings is 1. The highest BCUT2D eigenvalue weighted by atomic mass is 32.1. The van der Waals surface area contributed by atoms with Gasteiger partial charge in [-0.1, -0.05) is 6.07 Å². The van der Waals surface area contributed by atoms with Gasteiger partial charge in [0.05, 0.1) is 16.8 Å². The summed E-state index contributed by atoms with van der Waals surface area (Å²) in [6.07, 6.45) is 5.12. The van der Waals surface area contributed by atoms with Crippen LogP contribution in [0.15, 0.2) is 36.7 Å². The Morgan fingerprint density at radius 2 is 2.09 bits per heavy atom. The van der Waals surface area contributed by atoms with Gasteiger partial charge >= 0.3 is 0 Å². The maximum atomic E-state index is 12.7. The van der Waals surface area contributed by atoms with E-state index in [-0.39, 0.29) is 5.91 Å². The van der Waals surface area contributed by atoms with Crippen LogP contribution < -0.4 is 16.0 Å². The molecule has 0 saturated carbocycles. The van der Waals surface area contributed by atoms with Gasteiger partial charge in [0.15, 0.2) is 0 Å². The number of hydrogen-bond donors (Lipinski definition) is 3. The van der Waals surface area contributed by atoms with E-state index in [9.17, 15) is 4.79 Å². The summed E-state index contributed by atoms with van der Waals surface area (Å²) in [4.78, 5) is 23.3. The summed E-state index contributed by atoms with van der Waals surface area (Å²) in [6, 6.07) is 8.53. The molecule has 5 rings (SSSR count). The molecule has 3 N–H and O–H groups in total. The van der Waals surface area contributed by atoms with Gasteiger partial charge in [0.25, 0.3) is 0 Å². The predicted octanol–water partition coefficient (Wildman–Crippen LogP) is 4.61. The molecule has 9 heteroatoms. The molecule has 0 radical (unpaired) electrons. The number of carbonyl (C=O) groups excluding carboxylic acids is 1. The van der Waals surface area contributed by atoms with Crippen LogP contribution in [-0.4, -0.2) is 49.2 Å². The fourth-order valence-electron chi connectivity index (χ4n) is 4.26. The van der Waals surface area contributed by atoms with Crippen molar-refractivity contribution in [1.82, 2.24) is 20.6 Å². The molecule has 7 nitrogen and oxygen atoms in total. The molecule has 1 aromatic carbocycles. The molecule has 0 fully saturated rings. The van der Waals surface area contributed by atoms with E-state index in [2.05, 4.69) is 52.1 Å². The van der Waals surface area contributed by atoms with Crippen LogP contribution in [-0.2, 0) is 22.5 Å². The number of fused-ring (bicyclic) bond motifs is 2. The number of carbonyl (C=O) groups is 1. The van der Waals surface area contributed by atoms with Crippen molar-refractivity contribution >= 4 is 43.8 Å². The van der Waals surface area contributed by atoms with Gasteiger partial charge in [-0.05, 0) is 54.8 Å². The molecule has 0 spiro atoms. The van der Waals surface area contributed by atoms with Gasteiger partial charge in [0, 0.05) is 61.6 Å². The summed E-state index contributed by atoms with van der Waals surface area (Å²) >= 11 is 3.35. The molecule has 4 heterocycles. The van der Waals surface area contributed by atoms with Crippen LogP contribution in [0.2, 0.25) is 0 Å². The molecule has 1 aliphatic heterocycles. The summed E-state index contributed by atoms with van der Waals surface area (Å²) in [5, 5.41) is 11.7. The van der Waals surface area contributed by atoms with E-state index < -0.39 is 0 Å². The first-order valence-corrected chi connectivity index (χ1v) is 13.4. The summed E-state index contributed by atoms with van der Waals surface area (Å²) in [7, 11) is 1.67. The number of nitrogens with zero attached hydrogens (tertiary/aromatic N) is 2. The second kappa shape index (κ2) is 10.9. The number of rotatable bonds is 9. The molecule has 1 aliphatic rings.